The molecule has 0 radical (unpaired) electrons. The molecule has 7 heteroatoms. The summed E-state index contributed by atoms with van der Waals surface area (Å²) in [6.07, 6.45) is 0. The van der Waals surface area contributed by atoms with Crippen molar-refractivity contribution in [3.63, 3.8) is 0 Å². The average molecular weight is 385 g/mol. The number of nitrogens with one attached hydrogen (secondary N) is 1. The first kappa shape index (κ1) is 18.7. The summed E-state index contributed by atoms with van der Waals surface area (Å²) in [4.78, 5) is 22.7. The van der Waals surface area contributed by atoms with Gasteiger partial charge >= 0.3 is 5.69 Å². The van der Waals surface area contributed by atoms with Gasteiger partial charge in [-0.25, -0.2) is 0 Å². The van der Waals surface area contributed by atoms with Crippen LogP contribution in [0.25, 0.3) is 10.8 Å². The van der Waals surface area contributed by atoms with Gasteiger partial charge in [-0.15, -0.1) is 0 Å². The summed E-state index contributed by atoms with van der Waals surface area (Å²) in [5.41, 5.74) is 0.705. The van der Waals surface area contributed by atoms with Gasteiger partial charge in [0.1, 0.15) is 0 Å². The Morgan fingerprint density at radius 3 is 2.70 bits per heavy atom. The fourth-order valence-corrected chi connectivity index (χ4v) is 3.05. The van der Waals surface area contributed by atoms with Crippen LogP contribution in [0.2, 0.25) is 5.02 Å². The van der Waals surface area contributed by atoms with Gasteiger partial charge in [0.05, 0.1) is 11.0 Å². The maximum atomic E-state index is 12.3. The quantitative estimate of drug-likeness (QED) is 0.495. The van der Waals surface area contributed by atoms with Crippen molar-refractivity contribution in [1.82, 2.24) is 5.32 Å². The van der Waals surface area contributed by atoms with Crippen molar-refractivity contribution in [3.8, 4) is 5.75 Å². The molecule has 138 valence electrons. The van der Waals surface area contributed by atoms with E-state index in [0.717, 1.165) is 16.3 Å². The number of nitrogens with zero attached hydrogens (tertiary/aromatic N) is 1. The van der Waals surface area contributed by atoms with Crippen molar-refractivity contribution in [2.24, 2.45) is 0 Å². The molecule has 0 aliphatic heterocycles. The van der Waals surface area contributed by atoms with Crippen LogP contribution >= 0.6 is 11.6 Å². The number of fused-ring (bicyclic) bond motifs is 1. The molecule has 6 nitrogen and oxygen atoms in total. The Hall–Kier alpha value is -3.12. The molecule has 0 unspecified atom stereocenters. The van der Waals surface area contributed by atoms with Gasteiger partial charge in [-0.05, 0) is 35.4 Å². The van der Waals surface area contributed by atoms with Crippen molar-refractivity contribution in [1.29, 1.82) is 0 Å². The van der Waals surface area contributed by atoms with E-state index in [9.17, 15) is 14.9 Å². The van der Waals surface area contributed by atoms with Crippen LogP contribution in [0.5, 0.6) is 5.75 Å². The molecule has 1 atom stereocenters. The number of halogens is 1. The lowest BCUT2D eigenvalue weighted by Gasteiger charge is -2.17. The molecular weight excluding hydrogens is 368 g/mol. The van der Waals surface area contributed by atoms with Crippen LogP contribution in [0.1, 0.15) is 18.5 Å². The number of carbonyl (C=O) groups excluding carboxylic acids is 1. The van der Waals surface area contributed by atoms with E-state index in [4.69, 9.17) is 16.3 Å². The molecule has 0 bridgehead atoms. The molecule has 3 aromatic carbocycles. The van der Waals surface area contributed by atoms with Crippen LogP contribution < -0.4 is 10.1 Å². The van der Waals surface area contributed by atoms with Gasteiger partial charge in [-0.1, -0.05) is 54.1 Å². The van der Waals surface area contributed by atoms with Gasteiger partial charge in [0.15, 0.2) is 12.4 Å². The number of hydrogen-bond acceptors (Lipinski definition) is 4. The fourth-order valence-electron chi connectivity index (χ4n) is 2.89. The first-order valence-electron chi connectivity index (χ1n) is 8.29. The lowest BCUT2D eigenvalue weighted by molar-refractivity contribution is -0.385. The van der Waals surface area contributed by atoms with Crippen LogP contribution in [0.15, 0.2) is 60.7 Å². The normalized spacial score (nSPS) is 11.8. The second-order valence-corrected chi connectivity index (χ2v) is 6.45. The Labute approximate surface area is 160 Å². The summed E-state index contributed by atoms with van der Waals surface area (Å²) >= 11 is 5.77. The molecule has 1 amide bonds. The maximum absolute atomic E-state index is 12.3. The average Bonchev–Trinajstić information content (AvgIpc) is 2.66. The van der Waals surface area contributed by atoms with Crippen molar-refractivity contribution >= 4 is 34.0 Å². The molecule has 1 N–H and O–H groups in total. The van der Waals surface area contributed by atoms with E-state index in [2.05, 4.69) is 5.32 Å². The number of benzene rings is 3. The zero-order chi connectivity index (χ0) is 19.4. The van der Waals surface area contributed by atoms with E-state index in [-0.39, 0.29) is 35.0 Å². The zero-order valence-electron chi connectivity index (χ0n) is 14.5. The molecule has 0 aliphatic rings. The third kappa shape index (κ3) is 4.35. The van der Waals surface area contributed by atoms with Crippen molar-refractivity contribution in [2.75, 3.05) is 6.61 Å². The first-order valence-corrected chi connectivity index (χ1v) is 8.67. The van der Waals surface area contributed by atoms with Crippen LogP contribution in [0.4, 0.5) is 5.69 Å². The SMILES string of the molecule is C[C@@H](NC(=O)COc1ccc(Cl)cc1[N+](=O)[O-])c1cccc2ccccc12. The van der Waals surface area contributed by atoms with Gasteiger partial charge in [0, 0.05) is 11.1 Å². The minimum atomic E-state index is -0.599. The predicted molar refractivity (Wildman–Crippen MR) is 104 cm³/mol. The molecule has 0 aliphatic carbocycles. The minimum Gasteiger partial charge on any atom is -0.477 e. The van der Waals surface area contributed by atoms with Crippen molar-refractivity contribution < 1.29 is 14.5 Å². The summed E-state index contributed by atoms with van der Waals surface area (Å²) in [6, 6.07) is 17.6. The topological polar surface area (TPSA) is 81.5 Å². The summed E-state index contributed by atoms with van der Waals surface area (Å²) in [6.45, 7) is 1.54. The number of nitro groups is 1. The van der Waals surface area contributed by atoms with E-state index in [1.165, 1.54) is 18.2 Å². The lowest BCUT2D eigenvalue weighted by atomic mass is 10.00. The second kappa shape index (κ2) is 8.05. The minimum absolute atomic E-state index is 0.00244. The number of rotatable bonds is 6. The highest BCUT2D eigenvalue weighted by molar-refractivity contribution is 6.30. The number of hydrogen-bond donors (Lipinski definition) is 1. The van der Waals surface area contributed by atoms with Gasteiger partial charge < -0.3 is 10.1 Å². The predicted octanol–water partition coefficient (Wildman–Crippen LogP) is 4.66. The number of nitro benzene ring substituents is 1. The highest BCUT2D eigenvalue weighted by Crippen LogP contribution is 2.30. The van der Waals surface area contributed by atoms with E-state index >= 15 is 0 Å². The third-order valence-corrected chi connectivity index (χ3v) is 4.38. The van der Waals surface area contributed by atoms with Crippen LogP contribution in [-0.4, -0.2) is 17.4 Å². The lowest BCUT2D eigenvalue weighted by Crippen LogP contribution is -2.31. The number of carbonyl (C=O) groups is 1. The monoisotopic (exact) mass is 384 g/mol. The van der Waals surface area contributed by atoms with Gasteiger partial charge in [0.2, 0.25) is 0 Å². The second-order valence-electron chi connectivity index (χ2n) is 6.02. The summed E-state index contributed by atoms with van der Waals surface area (Å²) in [5.74, 6) is -0.378. The molecule has 27 heavy (non-hydrogen) atoms. The molecule has 0 aromatic heterocycles. The van der Waals surface area contributed by atoms with Crippen LogP contribution in [0.3, 0.4) is 0 Å². The van der Waals surface area contributed by atoms with E-state index < -0.39 is 4.92 Å². The highest BCUT2D eigenvalue weighted by Gasteiger charge is 2.18. The van der Waals surface area contributed by atoms with Crippen LogP contribution in [0, 0.1) is 10.1 Å². The molecule has 0 spiro atoms. The smallest absolute Gasteiger partial charge is 0.312 e. The Balaban J connectivity index is 1.68. The summed E-state index contributed by atoms with van der Waals surface area (Å²) < 4.78 is 5.33. The van der Waals surface area contributed by atoms with Gasteiger partial charge in [-0.3, -0.25) is 14.9 Å². The molecule has 3 aromatic rings. The maximum Gasteiger partial charge on any atom is 0.312 e. The zero-order valence-corrected chi connectivity index (χ0v) is 15.3. The van der Waals surface area contributed by atoms with Crippen LogP contribution in [-0.2, 0) is 4.79 Å². The van der Waals surface area contributed by atoms with E-state index in [1.807, 2.05) is 49.4 Å². The van der Waals surface area contributed by atoms with E-state index in [1.54, 1.807) is 0 Å². The molecular formula is C20H17ClN2O4. The molecule has 0 saturated carbocycles. The van der Waals surface area contributed by atoms with Gasteiger partial charge in [-0.2, -0.15) is 0 Å². The largest absolute Gasteiger partial charge is 0.477 e. The van der Waals surface area contributed by atoms with Crippen molar-refractivity contribution in [3.05, 3.63) is 81.4 Å². The Morgan fingerprint density at radius 1 is 1.19 bits per heavy atom. The Kier molecular flexibility index (Phi) is 5.57. The number of ether oxygens (including phenoxy) is 1. The molecule has 0 heterocycles. The van der Waals surface area contributed by atoms with Gasteiger partial charge in [0.25, 0.3) is 5.91 Å². The third-order valence-electron chi connectivity index (χ3n) is 4.14. The summed E-state index contributed by atoms with van der Waals surface area (Å²) in [7, 11) is 0. The Morgan fingerprint density at radius 2 is 1.93 bits per heavy atom. The Bertz CT molecular complexity index is 1000. The highest BCUT2D eigenvalue weighted by atomic mass is 35.5. The molecule has 3 rings (SSSR count). The van der Waals surface area contributed by atoms with E-state index in [0.29, 0.717) is 0 Å². The molecule has 0 fully saturated rings. The fraction of sp³-hybridized carbons (Fsp3) is 0.150. The van der Waals surface area contributed by atoms with Crippen molar-refractivity contribution in [2.45, 2.75) is 13.0 Å². The standard InChI is InChI=1S/C20H17ClN2O4/c1-13(16-8-4-6-14-5-2-3-7-17(14)16)22-20(24)12-27-19-10-9-15(21)11-18(19)23(25)26/h2-11,13H,12H2,1H3,(H,22,24)/t13-/m1/s1. The summed E-state index contributed by atoms with van der Waals surface area (Å²) in [5, 5.41) is 16.3. The first-order chi connectivity index (χ1) is 13.0. The molecule has 0 saturated heterocycles. The number of amides is 1.